The number of benzene rings is 1. The van der Waals surface area contributed by atoms with Gasteiger partial charge in [0.25, 0.3) is 5.91 Å². The third-order valence-corrected chi connectivity index (χ3v) is 11.5. The van der Waals surface area contributed by atoms with E-state index in [1.807, 2.05) is 30.0 Å². The summed E-state index contributed by atoms with van der Waals surface area (Å²) in [4.78, 5) is 41.6. The monoisotopic (exact) mass is 683 g/mol. The molecule has 1 saturated heterocycles. The van der Waals surface area contributed by atoms with Crippen LogP contribution in [0.1, 0.15) is 77.9 Å². The van der Waals surface area contributed by atoms with Gasteiger partial charge in [-0.2, -0.15) is 0 Å². The fraction of sp³-hybridized carbons (Fsp3) is 0.579. The molecule has 3 aliphatic carbocycles. The lowest BCUT2D eigenvalue weighted by molar-refractivity contribution is -0.132. The van der Waals surface area contributed by atoms with Crippen LogP contribution in [0.25, 0.3) is 0 Å². The van der Waals surface area contributed by atoms with Crippen molar-refractivity contribution in [2.75, 3.05) is 56.0 Å². The number of nitrogens with zero attached hydrogens (tertiary/aromatic N) is 5. The number of fused-ring (bicyclic) bond motifs is 1. The quantitative estimate of drug-likeness (QED) is 0.258. The molecular weight excluding hydrogens is 634 g/mol. The molecule has 1 aromatic carbocycles. The first kappa shape index (κ1) is 33.0. The Balaban J connectivity index is 0.857. The number of rotatable bonds is 12. The molecule has 3 aromatic rings. The molecule has 2 aliphatic heterocycles. The van der Waals surface area contributed by atoms with Crippen molar-refractivity contribution in [1.82, 2.24) is 25.1 Å². The van der Waals surface area contributed by atoms with E-state index in [1.54, 1.807) is 0 Å². The van der Waals surface area contributed by atoms with E-state index < -0.39 is 6.10 Å². The molecular formula is C38H49N7O5. The Morgan fingerprint density at radius 1 is 1.08 bits per heavy atom. The zero-order valence-electron chi connectivity index (χ0n) is 29.0. The molecule has 3 N–H and O–H groups in total. The lowest BCUT2D eigenvalue weighted by Crippen LogP contribution is -2.50. The second kappa shape index (κ2) is 13.9. The van der Waals surface area contributed by atoms with Gasteiger partial charge in [-0.3, -0.25) is 14.5 Å². The van der Waals surface area contributed by atoms with Crippen LogP contribution >= 0.6 is 0 Å². The highest BCUT2D eigenvalue weighted by Crippen LogP contribution is 2.56. The van der Waals surface area contributed by atoms with Gasteiger partial charge in [0.15, 0.2) is 12.2 Å². The first-order valence-electron chi connectivity index (χ1n) is 18.4. The Bertz CT molecular complexity index is 1700. The van der Waals surface area contributed by atoms with E-state index in [-0.39, 0.29) is 24.3 Å². The number of aromatic nitrogens is 2. The molecule has 1 atom stereocenters. The number of oxazole rings is 1. The van der Waals surface area contributed by atoms with Gasteiger partial charge in [0, 0.05) is 69.9 Å². The average molecular weight is 684 g/mol. The van der Waals surface area contributed by atoms with Crippen molar-refractivity contribution in [1.29, 1.82) is 0 Å². The van der Waals surface area contributed by atoms with Crippen molar-refractivity contribution in [2.24, 2.45) is 11.3 Å². The molecule has 3 saturated carbocycles. The van der Waals surface area contributed by atoms with Gasteiger partial charge < -0.3 is 34.7 Å². The molecule has 2 amide bonds. The Labute approximate surface area is 293 Å². The highest BCUT2D eigenvalue weighted by molar-refractivity contribution is 5.95. The summed E-state index contributed by atoms with van der Waals surface area (Å²) in [5, 5.41) is 17.6. The molecule has 266 valence electrons. The maximum absolute atomic E-state index is 13.5. The molecule has 5 aliphatic rings. The minimum atomic E-state index is -0.710. The van der Waals surface area contributed by atoms with Crippen LogP contribution in [0.15, 0.2) is 41.1 Å². The van der Waals surface area contributed by atoms with E-state index in [1.165, 1.54) is 36.8 Å². The molecule has 1 spiro atoms. The van der Waals surface area contributed by atoms with E-state index in [0.717, 1.165) is 74.0 Å². The van der Waals surface area contributed by atoms with Gasteiger partial charge in [-0.1, -0.05) is 12.5 Å². The number of anilines is 2. The highest BCUT2D eigenvalue weighted by Gasteiger charge is 2.48. The first-order chi connectivity index (χ1) is 24.3. The summed E-state index contributed by atoms with van der Waals surface area (Å²) in [6.07, 6.45) is 9.90. The van der Waals surface area contributed by atoms with Crippen LogP contribution < -0.4 is 20.3 Å². The number of carbonyl (C=O) groups is 2. The fourth-order valence-corrected chi connectivity index (χ4v) is 8.13. The molecule has 2 aromatic heterocycles. The molecule has 0 radical (unpaired) electrons. The zero-order valence-corrected chi connectivity index (χ0v) is 29.0. The van der Waals surface area contributed by atoms with Crippen LogP contribution in [0.3, 0.4) is 0 Å². The SMILES string of the molecule is Cc1ncoc1COc1ccc2c(c1)CCN(CC(O)CNC(=O)c1cc(NC3CC4(CCC4)C3)nc(N3CCN(C(=O)C4CC4)CC3)c1)C2. The van der Waals surface area contributed by atoms with Gasteiger partial charge in [0.1, 0.15) is 24.0 Å². The Kier molecular flexibility index (Phi) is 9.15. The lowest BCUT2D eigenvalue weighted by atomic mass is 9.54. The number of carbonyl (C=O) groups excluding carboxylic acids is 2. The summed E-state index contributed by atoms with van der Waals surface area (Å²) in [6.45, 7) is 7.13. The number of hydrogen-bond donors (Lipinski definition) is 3. The molecule has 0 bridgehead atoms. The second-order valence-electron chi connectivity index (χ2n) is 15.2. The summed E-state index contributed by atoms with van der Waals surface area (Å²) >= 11 is 0. The minimum Gasteiger partial charge on any atom is -0.486 e. The molecule has 12 heteroatoms. The zero-order chi connectivity index (χ0) is 34.2. The van der Waals surface area contributed by atoms with E-state index >= 15 is 0 Å². The van der Waals surface area contributed by atoms with Crippen molar-refractivity contribution in [3.05, 3.63) is 64.9 Å². The number of pyridine rings is 1. The molecule has 1 unspecified atom stereocenters. The van der Waals surface area contributed by atoms with E-state index in [4.69, 9.17) is 14.1 Å². The number of ether oxygens (including phenoxy) is 1. The van der Waals surface area contributed by atoms with Crippen LogP contribution in [0.4, 0.5) is 11.6 Å². The third-order valence-electron chi connectivity index (χ3n) is 11.5. The summed E-state index contributed by atoms with van der Waals surface area (Å²) in [7, 11) is 0. The second-order valence-corrected chi connectivity index (χ2v) is 15.2. The van der Waals surface area contributed by atoms with Gasteiger partial charge in [-0.05, 0) is 92.7 Å². The molecule has 8 rings (SSSR count). The van der Waals surface area contributed by atoms with Gasteiger partial charge in [0.05, 0.1) is 11.8 Å². The van der Waals surface area contributed by atoms with E-state index in [0.29, 0.717) is 56.4 Å². The van der Waals surface area contributed by atoms with Crippen molar-refractivity contribution in [3.8, 4) is 5.75 Å². The highest BCUT2D eigenvalue weighted by atomic mass is 16.5. The van der Waals surface area contributed by atoms with E-state index in [9.17, 15) is 14.7 Å². The van der Waals surface area contributed by atoms with Crippen molar-refractivity contribution in [2.45, 2.75) is 83.6 Å². The normalized spacial score (nSPS) is 20.8. The predicted molar refractivity (Wildman–Crippen MR) is 188 cm³/mol. The van der Waals surface area contributed by atoms with Crippen LogP contribution in [0.2, 0.25) is 0 Å². The number of aryl methyl sites for hydroxylation is 1. The first-order valence-corrected chi connectivity index (χ1v) is 18.4. The number of aliphatic hydroxyl groups is 1. The van der Waals surface area contributed by atoms with Crippen LogP contribution in [-0.4, -0.2) is 94.6 Å². The Morgan fingerprint density at radius 2 is 1.90 bits per heavy atom. The largest absolute Gasteiger partial charge is 0.486 e. The maximum Gasteiger partial charge on any atom is 0.251 e. The summed E-state index contributed by atoms with van der Waals surface area (Å²) in [5.74, 6) is 3.28. The Morgan fingerprint density at radius 3 is 2.62 bits per heavy atom. The number of aliphatic hydroxyl groups excluding tert-OH is 1. The van der Waals surface area contributed by atoms with Gasteiger partial charge >= 0.3 is 0 Å². The topological polar surface area (TPSA) is 136 Å². The number of nitrogens with one attached hydrogen (secondary N) is 2. The summed E-state index contributed by atoms with van der Waals surface area (Å²) in [5.41, 5.74) is 4.35. The van der Waals surface area contributed by atoms with Gasteiger partial charge in [0.2, 0.25) is 5.91 Å². The smallest absolute Gasteiger partial charge is 0.251 e. The Hall–Kier alpha value is -4.16. The number of hydrogen-bond acceptors (Lipinski definition) is 10. The van der Waals surface area contributed by atoms with Crippen LogP contribution in [0.5, 0.6) is 5.75 Å². The number of piperazine rings is 1. The molecule has 12 nitrogen and oxygen atoms in total. The average Bonchev–Trinajstić information content (AvgIpc) is 3.87. The summed E-state index contributed by atoms with van der Waals surface area (Å²) < 4.78 is 11.3. The van der Waals surface area contributed by atoms with Gasteiger partial charge in [-0.25, -0.2) is 9.97 Å². The van der Waals surface area contributed by atoms with Gasteiger partial charge in [-0.15, -0.1) is 0 Å². The molecule has 4 fully saturated rings. The van der Waals surface area contributed by atoms with Crippen molar-refractivity contribution >= 4 is 23.5 Å². The molecule has 50 heavy (non-hydrogen) atoms. The predicted octanol–water partition coefficient (Wildman–Crippen LogP) is 3.91. The van der Waals surface area contributed by atoms with E-state index in [2.05, 4.69) is 37.6 Å². The standard InChI is InChI=1S/C38H49N7O5/c1-25-33(50-24-40-25)23-49-32-6-5-28-21-43(10-7-27(28)15-32)22-31(46)20-39-36(47)29-16-34(41-30-18-38(19-30)8-2-9-38)42-35(17-29)44-11-13-45(14-12-44)37(48)26-3-4-26/h5-6,15-17,24,26,30-31,46H,2-4,7-14,18-23H2,1H3,(H,39,47)(H,41,42). The minimum absolute atomic E-state index is 0.156. The van der Waals surface area contributed by atoms with Crippen LogP contribution in [0, 0.1) is 18.3 Å². The maximum atomic E-state index is 13.5. The number of amides is 2. The summed E-state index contributed by atoms with van der Waals surface area (Å²) in [6, 6.07) is 10.2. The van der Waals surface area contributed by atoms with Crippen molar-refractivity contribution in [3.63, 3.8) is 0 Å². The lowest BCUT2D eigenvalue weighted by Gasteiger charge is -2.54. The number of β-amino-alcohol motifs (C(OH)–C–C–N with tert-alkyl or cyclic N) is 1. The molecule has 4 heterocycles. The fourth-order valence-electron chi connectivity index (χ4n) is 8.13. The van der Waals surface area contributed by atoms with Crippen molar-refractivity contribution < 1.29 is 23.8 Å². The third kappa shape index (κ3) is 7.32. The van der Waals surface area contributed by atoms with Crippen LogP contribution in [-0.2, 0) is 24.4 Å².